The van der Waals surface area contributed by atoms with Crippen LogP contribution in [0, 0.1) is 11.3 Å². The molecule has 0 aromatic rings. The van der Waals surface area contributed by atoms with Gasteiger partial charge in [-0.2, -0.15) is 0 Å². The topological polar surface area (TPSA) is 9.23 Å². The molecule has 64 valence electrons. The predicted octanol–water partition coefficient (Wildman–Crippen LogP) is 2.63. The van der Waals surface area contributed by atoms with Crippen LogP contribution < -0.4 is 0 Å². The van der Waals surface area contributed by atoms with Crippen molar-refractivity contribution < 1.29 is 4.74 Å². The van der Waals surface area contributed by atoms with Gasteiger partial charge in [-0.3, -0.25) is 0 Å². The van der Waals surface area contributed by atoms with Gasteiger partial charge in [-0.15, -0.1) is 0 Å². The molecular weight excluding hydrogens is 136 g/mol. The SMILES string of the molecule is C=C(C(C)C)C1(CC)COC1. The molecule has 1 aliphatic heterocycles. The lowest BCUT2D eigenvalue weighted by atomic mass is 9.72. The molecule has 0 bridgehead atoms. The summed E-state index contributed by atoms with van der Waals surface area (Å²) in [7, 11) is 0. The molecule has 0 spiro atoms. The van der Waals surface area contributed by atoms with Gasteiger partial charge in [0.1, 0.15) is 0 Å². The van der Waals surface area contributed by atoms with Crippen LogP contribution in [-0.4, -0.2) is 13.2 Å². The smallest absolute Gasteiger partial charge is 0.0582 e. The zero-order chi connectivity index (χ0) is 8.48. The minimum Gasteiger partial charge on any atom is -0.379 e. The summed E-state index contributed by atoms with van der Waals surface area (Å²) >= 11 is 0. The lowest BCUT2D eigenvalue weighted by Crippen LogP contribution is -2.44. The van der Waals surface area contributed by atoms with Gasteiger partial charge in [0.2, 0.25) is 0 Å². The minimum atomic E-state index is 0.328. The van der Waals surface area contributed by atoms with E-state index in [2.05, 4.69) is 27.4 Å². The maximum atomic E-state index is 5.24. The van der Waals surface area contributed by atoms with Crippen molar-refractivity contribution in [3.63, 3.8) is 0 Å². The molecule has 0 unspecified atom stereocenters. The van der Waals surface area contributed by atoms with E-state index < -0.39 is 0 Å². The van der Waals surface area contributed by atoms with Crippen molar-refractivity contribution in [2.24, 2.45) is 11.3 Å². The predicted molar refractivity (Wildman–Crippen MR) is 47.5 cm³/mol. The Labute approximate surface area is 69.4 Å². The van der Waals surface area contributed by atoms with Gasteiger partial charge in [0, 0.05) is 5.41 Å². The first-order chi connectivity index (χ1) is 5.12. The van der Waals surface area contributed by atoms with Gasteiger partial charge in [0.15, 0.2) is 0 Å². The zero-order valence-electron chi connectivity index (χ0n) is 7.81. The second kappa shape index (κ2) is 2.98. The molecule has 0 amide bonds. The van der Waals surface area contributed by atoms with Gasteiger partial charge < -0.3 is 4.74 Å². The minimum absolute atomic E-state index is 0.328. The van der Waals surface area contributed by atoms with Crippen LogP contribution in [0.25, 0.3) is 0 Å². The molecule has 0 saturated carbocycles. The summed E-state index contributed by atoms with van der Waals surface area (Å²) in [5.41, 5.74) is 1.69. The third kappa shape index (κ3) is 1.34. The zero-order valence-corrected chi connectivity index (χ0v) is 7.81. The first-order valence-corrected chi connectivity index (χ1v) is 4.39. The summed E-state index contributed by atoms with van der Waals surface area (Å²) in [4.78, 5) is 0. The van der Waals surface area contributed by atoms with Crippen molar-refractivity contribution in [1.29, 1.82) is 0 Å². The summed E-state index contributed by atoms with van der Waals surface area (Å²) in [6.07, 6.45) is 1.17. The van der Waals surface area contributed by atoms with E-state index in [0.29, 0.717) is 11.3 Å². The summed E-state index contributed by atoms with van der Waals surface area (Å²) in [5.74, 6) is 0.596. The molecule has 1 saturated heterocycles. The monoisotopic (exact) mass is 154 g/mol. The van der Waals surface area contributed by atoms with Crippen molar-refractivity contribution in [2.75, 3.05) is 13.2 Å². The van der Waals surface area contributed by atoms with Crippen LogP contribution in [0.15, 0.2) is 12.2 Å². The van der Waals surface area contributed by atoms with Gasteiger partial charge in [-0.05, 0) is 12.3 Å². The molecule has 0 atom stereocenters. The number of hydrogen-bond donors (Lipinski definition) is 0. The molecule has 0 aromatic carbocycles. The first kappa shape index (κ1) is 8.79. The standard InChI is InChI=1S/C10H18O/c1-5-10(6-11-7-10)9(4)8(2)3/h8H,4-7H2,1-3H3. The second-order valence-electron chi connectivity index (χ2n) is 3.81. The molecule has 0 radical (unpaired) electrons. The third-order valence-corrected chi connectivity index (χ3v) is 2.81. The van der Waals surface area contributed by atoms with Crippen LogP contribution in [0.4, 0.5) is 0 Å². The van der Waals surface area contributed by atoms with Crippen molar-refractivity contribution in [3.8, 4) is 0 Å². The average Bonchev–Trinajstić information content (AvgIpc) is 1.86. The fourth-order valence-corrected chi connectivity index (χ4v) is 1.58. The van der Waals surface area contributed by atoms with Gasteiger partial charge >= 0.3 is 0 Å². The normalized spacial score (nSPS) is 21.5. The van der Waals surface area contributed by atoms with Gasteiger partial charge in [0.05, 0.1) is 13.2 Å². The van der Waals surface area contributed by atoms with E-state index in [1.807, 2.05) is 0 Å². The summed E-state index contributed by atoms with van der Waals surface area (Å²) in [5, 5.41) is 0. The molecule has 0 aromatic heterocycles. The van der Waals surface area contributed by atoms with Crippen molar-refractivity contribution in [2.45, 2.75) is 27.2 Å². The molecule has 1 aliphatic rings. The number of rotatable bonds is 3. The fourth-order valence-electron chi connectivity index (χ4n) is 1.58. The van der Waals surface area contributed by atoms with E-state index in [1.165, 1.54) is 12.0 Å². The van der Waals surface area contributed by atoms with Crippen LogP contribution in [0.3, 0.4) is 0 Å². The van der Waals surface area contributed by atoms with E-state index in [1.54, 1.807) is 0 Å². The van der Waals surface area contributed by atoms with Crippen molar-refractivity contribution >= 4 is 0 Å². The number of ether oxygens (including phenoxy) is 1. The lowest BCUT2D eigenvalue weighted by molar-refractivity contribution is -0.0945. The second-order valence-corrected chi connectivity index (χ2v) is 3.81. The Kier molecular flexibility index (Phi) is 2.38. The largest absolute Gasteiger partial charge is 0.379 e. The third-order valence-electron chi connectivity index (χ3n) is 2.81. The van der Waals surface area contributed by atoms with Gasteiger partial charge in [-0.1, -0.05) is 32.9 Å². The van der Waals surface area contributed by atoms with Gasteiger partial charge in [0.25, 0.3) is 0 Å². The first-order valence-electron chi connectivity index (χ1n) is 4.39. The Balaban J connectivity index is 2.62. The van der Waals surface area contributed by atoms with Crippen LogP contribution in [0.2, 0.25) is 0 Å². The average molecular weight is 154 g/mol. The Morgan fingerprint density at radius 3 is 2.18 bits per heavy atom. The highest BCUT2D eigenvalue weighted by Gasteiger charge is 2.39. The Bertz CT molecular complexity index is 149. The number of hydrogen-bond acceptors (Lipinski definition) is 1. The van der Waals surface area contributed by atoms with Crippen LogP contribution >= 0.6 is 0 Å². The molecule has 1 heteroatoms. The summed E-state index contributed by atoms with van der Waals surface area (Å²) in [6, 6.07) is 0. The molecule has 0 N–H and O–H groups in total. The van der Waals surface area contributed by atoms with E-state index in [4.69, 9.17) is 4.74 Å². The maximum Gasteiger partial charge on any atom is 0.0582 e. The van der Waals surface area contributed by atoms with Gasteiger partial charge in [-0.25, -0.2) is 0 Å². The van der Waals surface area contributed by atoms with E-state index in [0.717, 1.165) is 13.2 Å². The molecule has 1 nitrogen and oxygen atoms in total. The summed E-state index contributed by atoms with van der Waals surface area (Å²) in [6.45, 7) is 12.5. The highest BCUT2D eigenvalue weighted by atomic mass is 16.5. The summed E-state index contributed by atoms with van der Waals surface area (Å²) < 4.78 is 5.24. The van der Waals surface area contributed by atoms with E-state index in [9.17, 15) is 0 Å². The van der Waals surface area contributed by atoms with Crippen molar-refractivity contribution in [3.05, 3.63) is 12.2 Å². The van der Waals surface area contributed by atoms with E-state index in [-0.39, 0.29) is 0 Å². The molecule has 1 heterocycles. The Morgan fingerprint density at radius 1 is 1.55 bits per heavy atom. The van der Waals surface area contributed by atoms with Crippen molar-refractivity contribution in [1.82, 2.24) is 0 Å². The Morgan fingerprint density at radius 2 is 2.09 bits per heavy atom. The highest BCUT2D eigenvalue weighted by Crippen LogP contribution is 2.41. The molecule has 1 fully saturated rings. The maximum absolute atomic E-state index is 5.24. The molecule has 11 heavy (non-hydrogen) atoms. The quantitative estimate of drug-likeness (QED) is 0.568. The molecule has 1 rings (SSSR count). The Hall–Kier alpha value is -0.300. The van der Waals surface area contributed by atoms with Crippen LogP contribution in [0.1, 0.15) is 27.2 Å². The molecule has 0 aliphatic carbocycles. The molecular formula is C10H18O. The van der Waals surface area contributed by atoms with Crippen LogP contribution in [-0.2, 0) is 4.74 Å². The van der Waals surface area contributed by atoms with E-state index >= 15 is 0 Å². The lowest BCUT2D eigenvalue weighted by Gasteiger charge is -2.44. The fraction of sp³-hybridized carbons (Fsp3) is 0.800. The highest BCUT2D eigenvalue weighted by molar-refractivity contribution is 5.15. The van der Waals surface area contributed by atoms with Crippen LogP contribution in [0.5, 0.6) is 0 Å².